The van der Waals surface area contributed by atoms with E-state index in [0.29, 0.717) is 0 Å². The third-order valence-corrected chi connectivity index (χ3v) is 0. The van der Waals surface area contributed by atoms with Crippen molar-refractivity contribution in [3.8, 4) is 0 Å². The van der Waals surface area contributed by atoms with Gasteiger partial charge in [0.1, 0.15) is 0 Å². The summed E-state index contributed by atoms with van der Waals surface area (Å²) in [4.78, 5) is 21.6. The molecule has 0 heterocycles. The molecule has 0 rings (SSSR count). The van der Waals surface area contributed by atoms with E-state index in [1.54, 1.807) is 0 Å². The number of phosphoric acid groups is 1. The molecular formula is H3Ag2O4PS. The van der Waals surface area contributed by atoms with Crippen LogP contribution < -0.4 is 0 Å². The fourth-order valence-electron chi connectivity index (χ4n) is 0. The van der Waals surface area contributed by atoms with E-state index in [-0.39, 0.29) is 58.3 Å². The Kier molecular flexibility index (Phi) is 25.2. The van der Waals surface area contributed by atoms with E-state index < -0.39 is 7.82 Å². The molecule has 0 unspecified atom stereocenters. The van der Waals surface area contributed by atoms with Crippen molar-refractivity contribution in [2.45, 2.75) is 0 Å². The van der Waals surface area contributed by atoms with Crippen LogP contribution in [0.4, 0.5) is 0 Å². The Morgan fingerprint density at radius 3 is 1.00 bits per heavy atom. The number of hydrogen-bond donors (Lipinski definition) is 3. The molecule has 8 heavy (non-hydrogen) atoms. The Labute approximate surface area is 84.8 Å². The predicted octanol–water partition coefficient (Wildman–Crippen LogP) is -0.936. The first-order valence-corrected chi connectivity index (χ1v) is 2.35. The Bertz CT molecular complexity index is 60.2. The second kappa shape index (κ2) is 8.94. The standard InChI is InChI=1S/2Ag.H3O4P.S/c;;1-5(2,3)4;/h;;(H3,1,2,3,4);/q2*+1;;-2. The fraction of sp³-hybridized carbons (Fsp3) is 0. The molecule has 0 aliphatic heterocycles. The molecule has 60 valence electrons. The number of hydrogen-bond acceptors (Lipinski definition) is 1. The van der Waals surface area contributed by atoms with Crippen LogP contribution in [0.1, 0.15) is 0 Å². The Morgan fingerprint density at radius 1 is 1.00 bits per heavy atom. The van der Waals surface area contributed by atoms with Crippen LogP contribution in [0.3, 0.4) is 0 Å². The van der Waals surface area contributed by atoms with Crippen LogP contribution in [0.15, 0.2) is 0 Å². The minimum Gasteiger partial charge on any atom is -2.00 e. The molecule has 0 atom stereocenters. The van der Waals surface area contributed by atoms with Gasteiger partial charge in [-0.2, -0.15) is 0 Å². The van der Waals surface area contributed by atoms with Gasteiger partial charge in [-0.05, 0) is 0 Å². The van der Waals surface area contributed by atoms with Crippen LogP contribution in [-0.4, -0.2) is 14.7 Å². The van der Waals surface area contributed by atoms with E-state index >= 15 is 0 Å². The first kappa shape index (κ1) is 22.5. The molecule has 0 bridgehead atoms. The molecular weight excluding hydrogens is 343 g/mol. The smallest absolute Gasteiger partial charge is 1.00 e. The van der Waals surface area contributed by atoms with Gasteiger partial charge in [0, 0.05) is 0 Å². The largest absolute Gasteiger partial charge is 2.00 e. The zero-order valence-corrected chi connectivity index (χ0v) is 7.88. The summed E-state index contributed by atoms with van der Waals surface area (Å²) >= 11 is 0. The summed E-state index contributed by atoms with van der Waals surface area (Å²) in [7, 11) is -4.64. The maximum atomic E-state index is 8.88. The molecule has 4 nitrogen and oxygen atoms in total. The molecule has 0 aromatic rings. The Hall–Kier alpha value is 1.94. The maximum absolute atomic E-state index is 8.88. The summed E-state index contributed by atoms with van der Waals surface area (Å²) in [5, 5.41) is 0. The van der Waals surface area contributed by atoms with E-state index in [1.165, 1.54) is 0 Å². The van der Waals surface area contributed by atoms with Gasteiger partial charge in [0.25, 0.3) is 0 Å². The van der Waals surface area contributed by atoms with Gasteiger partial charge in [-0.25, -0.2) is 4.57 Å². The maximum Gasteiger partial charge on any atom is 1.00 e. The molecule has 0 aromatic heterocycles. The van der Waals surface area contributed by atoms with Crippen LogP contribution in [0.2, 0.25) is 0 Å². The van der Waals surface area contributed by atoms with E-state index in [4.69, 9.17) is 19.2 Å². The summed E-state index contributed by atoms with van der Waals surface area (Å²) in [6.07, 6.45) is 0. The molecule has 0 aliphatic rings. The van der Waals surface area contributed by atoms with Crippen molar-refractivity contribution in [2.24, 2.45) is 0 Å². The average Bonchev–Trinajstić information content (AvgIpc) is 0.722. The zero-order chi connectivity index (χ0) is 4.50. The molecule has 0 amide bonds. The topological polar surface area (TPSA) is 77.8 Å². The van der Waals surface area contributed by atoms with Crippen molar-refractivity contribution in [3.63, 3.8) is 0 Å². The van der Waals surface area contributed by atoms with Gasteiger partial charge in [-0.15, -0.1) is 0 Å². The van der Waals surface area contributed by atoms with E-state index in [9.17, 15) is 0 Å². The SMILES string of the molecule is O=P(O)(O)O.[Ag+].[Ag+].[S-2]. The van der Waals surface area contributed by atoms with Crippen molar-refractivity contribution in [3.05, 3.63) is 0 Å². The second-order valence-electron chi connectivity index (χ2n) is 0.513. The van der Waals surface area contributed by atoms with Gasteiger partial charge < -0.3 is 28.2 Å². The van der Waals surface area contributed by atoms with E-state index in [0.717, 1.165) is 0 Å². The summed E-state index contributed by atoms with van der Waals surface area (Å²) in [5.41, 5.74) is 0. The summed E-state index contributed by atoms with van der Waals surface area (Å²) in [6.45, 7) is 0. The summed E-state index contributed by atoms with van der Waals surface area (Å²) < 4.78 is 8.88. The quantitative estimate of drug-likeness (QED) is 0.391. The van der Waals surface area contributed by atoms with Crippen LogP contribution in [0.25, 0.3) is 0 Å². The van der Waals surface area contributed by atoms with Crippen molar-refractivity contribution >= 4 is 21.3 Å². The third kappa shape index (κ3) is 102. The van der Waals surface area contributed by atoms with Crippen molar-refractivity contribution < 1.29 is 64.0 Å². The molecule has 0 radical (unpaired) electrons. The van der Waals surface area contributed by atoms with Crippen LogP contribution in [-0.2, 0) is 62.8 Å². The molecule has 0 aliphatic carbocycles. The summed E-state index contributed by atoms with van der Waals surface area (Å²) in [5.74, 6) is 0. The van der Waals surface area contributed by atoms with E-state index in [2.05, 4.69) is 0 Å². The van der Waals surface area contributed by atoms with Gasteiger partial charge in [0.05, 0.1) is 0 Å². The van der Waals surface area contributed by atoms with E-state index in [1.807, 2.05) is 0 Å². The van der Waals surface area contributed by atoms with Gasteiger partial charge in [0.15, 0.2) is 0 Å². The van der Waals surface area contributed by atoms with Crippen molar-refractivity contribution in [2.75, 3.05) is 0 Å². The zero-order valence-electron chi connectivity index (χ0n) is 3.21. The average molecular weight is 346 g/mol. The fourth-order valence-corrected chi connectivity index (χ4v) is 0. The minimum absolute atomic E-state index is 0. The van der Waals surface area contributed by atoms with Crippen LogP contribution in [0.5, 0.6) is 0 Å². The van der Waals surface area contributed by atoms with Crippen molar-refractivity contribution in [1.29, 1.82) is 0 Å². The summed E-state index contributed by atoms with van der Waals surface area (Å²) in [6, 6.07) is 0. The predicted molar refractivity (Wildman–Crippen MR) is 21.6 cm³/mol. The first-order chi connectivity index (χ1) is 2.00. The van der Waals surface area contributed by atoms with Crippen molar-refractivity contribution in [1.82, 2.24) is 0 Å². The van der Waals surface area contributed by atoms with Crippen LogP contribution in [0, 0.1) is 0 Å². The minimum atomic E-state index is -4.64. The Balaban J connectivity index is -0.0000000267. The second-order valence-corrected chi connectivity index (χ2v) is 1.54. The molecule has 8 heteroatoms. The first-order valence-electron chi connectivity index (χ1n) is 0.783. The number of rotatable bonds is 0. The third-order valence-electron chi connectivity index (χ3n) is 0. The van der Waals surface area contributed by atoms with Gasteiger partial charge in [0.2, 0.25) is 0 Å². The monoisotopic (exact) mass is 344 g/mol. The Morgan fingerprint density at radius 2 is 1.00 bits per heavy atom. The molecule has 0 saturated carbocycles. The van der Waals surface area contributed by atoms with Gasteiger partial charge >= 0.3 is 52.6 Å². The van der Waals surface area contributed by atoms with Crippen LogP contribution >= 0.6 is 7.82 Å². The molecule has 3 N–H and O–H groups in total. The van der Waals surface area contributed by atoms with Gasteiger partial charge in [-0.1, -0.05) is 0 Å². The van der Waals surface area contributed by atoms with Gasteiger partial charge in [-0.3, -0.25) is 0 Å². The molecule has 0 spiro atoms. The molecule has 0 aromatic carbocycles. The normalized spacial score (nSPS) is 7.38. The molecule has 0 fully saturated rings. The molecule has 0 saturated heterocycles.